The predicted octanol–water partition coefficient (Wildman–Crippen LogP) is 6.18. The van der Waals surface area contributed by atoms with Crippen LogP contribution in [0.1, 0.15) is 74.7 Å². The lowest BCUT2D eigenvalue weighted by Crippen LogP contribution is -2.39. The quantitative estimate of drug-likeness (QED) is 0.160. The van der Waals surface area contributed by atoms with Crippen LogP contribution < -0.4 is 9.47 Å². The second kappa shape index (κ2) is 14.3. The van der Waals surface area contributed by atoms with E-state index in [2.05, 4.69) is 16.8 Å². The summed E-state index contributed by atoms with van der Waals surface area (Å²) in [6.07, 6.45) is 8.78. The largest absolute Gasteiger partial charge is 0.504 e. The van der Waals surface area contributed by atoms with Crippen LogP contribution in [0, 0.1) is 23.7 Å². The lowest BCUT2D eigenvalue weighted by molar-refractivity contribution is -0.164. The molecule has 6 rings (SSSR count). The van der Waals surface area contributed by atoms with E-state index >= 15 is 0 Å². The molecule has 1 saturated carbocycles. The van der Waals surface area contributed by atoms with E-state index in [0.29, 0.717) is 43.4 Å². The lowest BCUT2D eigenvalue weighted by Gasteiger charge is -2.39. The number of aromatic nitrogens is 1. The van der Waals surface area contributed by atoms with Gasteiger partial charge in [-0.1, -0.05) is 24.5 Å². The van der Waals surface area contributed by atoms with E-state index < -0.39 is 12.2 Å². The Morgan fingerprint density at radius 3 is 2.74 bits per heavy atom. The molecule has 3 aliphatic rings. The van der Waals surface area contributed by atoms with Crippen molar-refractivity contribution in [3.63, 3.8) is 0 Å². The zero-order valence-corrected chi connectivity index (χ0v) is 26.1. The summed E-state index contributed by atoms with van der Waals surface area (Å²) in [5, 5.41) is 31.9. The minimum atomic E-state index is -0.539. The summed E-state index contributed by atoms with van der Waals surface area (Å²) in [4.78, 5) is 16.2. The summed E-state index contributed by atoms with van der Waals surface area (Å²) in [6, 6.07) is 12.4. The second-order valence-corrected chi connectivity index (χ2v) is 12.6. The zero-order chi connectivity index (χ0) is 32.0. The number of hydrogen-bond acceptors (Lipinski definition) is 9. The highest BCUT2D eigenvalue weighted by Crippen LogP contribution is 2.44. The molecule has 2 aliphatic heterocycles. The maximum absolute atomic E-state index is 12.1. The molecule has 2 bridgehead atoms. The van der Waals surface area contributed by atoms with Crippen molar-refractivity contribution in [2.24, 2.45) is 11.8 Å². The summed E-state index contributed by atoms with van der Waals surface area (Å²) in [7, 11) is 0. The molecule has 0 spiro atoms. The number of ether oxygens (including phenoxy) is 4. The summed E-state index contributed by atoms with van der Waals surface area (Å²) < 4.78 is 24.7. The smallest absolute Gasteiger partial charge is 0.302 e. The van der Waals surface area contributed by atoms with E-state index in [4.69, 9.17) is 18.9 Å². The van der Waals surface area contributed by atoms with Gasteiger partial charge in [0.1, 0.15) is 12.2 Å². The van der Waals surface area contributed by atoms with Gasteiger partial charge in [-0.05, 0) is 72.7 Å². The van der Waals surface area contributed by atoms with Gasteiger partial charge in [-0.3, -0.25) is 9.78 Å². The van der Waals surface area contributed by atoms with Crippen molar-refractivity contribution >= 4 is 5.97 Å². The van der Waals surface area contributed by atoms with Crippen molar-refractivity contribution in [2.45, 2.75) is 89.1 Å². The fourth-order valence-corrected chi connectivity index (χ4v) is 6.80. The van der Waals surface area contributed by atoms with Gasteiger partial charge in [-0.15, -0.1) is 5.92 Å². The number of fused-ring (bicyclic) bond motifs is 3. The Balaban J connectivity index is 1.26. The van der Waals surface area contributed by atoms with Gasteiger partial charge in [0.15, 0.2) is 23.0 Å². The van der Waals surface area contributed by atoms with Crippen LogP contribution in [-0.2, 0) is 27.1 Å². The molecule has 6 atom stereocenters. The van der Waals surface area contributed by atoms with Crippen molar-refractivity contribution in [2.75, 3.05) is 6.61 Å². The van der Waals surface area contributed by atoms with Crippen molar-refractivity contribution in [1.82, 2.24) is 4.98 Å². The van der Waals surface area contributed by atoms with Crippen LogP contribution in [0.5, 0.6) is 28.7 Å². The molecule has 9 heteroatoms. The number of hydrogen-bond donors (Lipinski definition) is 3. The molecule has 0 radical (unpaired) electrons. The first-order chi connectivity index (χ1) is 22.3. The summed E-state index contributed by atoms with van der Waals surface area (Å²) >= 11 is 0. The highest BCUT2D eigenvalue weighted by Gasteiger charge is 2.37. The minimum Gasteiger partial charge on any atom is -0.504 e. The molecule has 242 valence electrons. The molecular formula is C37H41NO8. The van der Waals surface area contributed by atoms with E-state index in [1.54, 1.807) is 24.5 Å². The van der Waals surface area contributed by atoms with Crippen LogP contribution in [0.25, 0.3) is 0 Å². The summed E-state index contributed by atoms with van der Waals surface area (Å²) in [5.74, 6) is 6.67. The molecule has 2 fully saturated rings. The number of rotatable bonds is 7. The number of phenols is 3. The molecule has 2 aromatic carbocycles. The number of benzene rings is 2. The Morgan fingerprint density at radius 1 is 1.04 bits per heavy atom. The summed E-state index contributed by atoms with van der Waals surface area (Å²) in [6.45, 7) is 1.67. The van der Waals surface area contributed by atoms with Gasteiger partial charge in [-0.25, -0.2) is 0 Å². The molecule has 46 heavy (non-hydrogen) atoms. The highest BCUT2D eigenvalue weighted by atomic mass is 16.6. The first-order valence-corrected chi connectivity index (χ1v) is 16.2. The van der Waals surface area contributed by atoms with Crippen molar-refractivity contribution in [1.29, 1.82) is 0 Å². The first kappa shape index (κ1) is 31.6. The molecule has 9 nitrogen and oxygen atoms in total. The molecule has 1 saturated heterocycles. The van der Waals surface area contributed by atoms with E-state index in [1.165, 1.54) is 13.0 Å². The van der Waals surface area contributed by atoms with Crippen molar-refractivity contribution < 1.29 is 39.1 Å². The lowest BCUT2D eigenvalue weighted by atomic mass is 9.84. The topological polar surface area (TPSA) is 128 Å². The van der Waals surface area contributed by atoms with Gasteiger partial charge in [-0.2, -0.15) is 0 Å². The highest BCUT2D eigenvalue weighted by molar-refractivity contribution is 5.66. The number of nitrogens with zero attached hydrogens (tertiary/aromatic N) is 1. The number of carbonyl (C=O) groups is 1. The molecular weight excluding hydrogens is 586 g/mol. The number of carbonyl (C=O) groups excluding carboxylic acids is 1. The van der Waals surface area contributed by atoms with Gasteiger partial charge in [0.2, 0.25) is 5.75 Å². The van der Waals surface area contributed by atoms with Crippen LogP contribution in [-0.4, -0.2) is 51.2 Å². The predicted molar refractivity (Wildman–Crippen MR) is 170 cm³/mol. The molecule has 3 aromatic rings. The van der Waals surface area contributed by atoms with Crippen LogP contribution in [0.15, 0.2) is 54.9 Å². The van der Waals surface area contributed by atoms with Crippen LogP contribution >= 0.6 is 0 Å². The van der Waals surface area contributed by atoms with E-state index in [0.717, 1.165) is 36.8 Å². The SMILES string of the molecule is CC(=O)O[C@@H]1C[C@@H](c2cc(O)c(O)c(OCCc3cccnc3)c2)O[C@@H]([C@H]2CC#C[C@@H]3CCCC[C@H]3Oc3cc(ccc3O)C2)C1. The van der Waals surface area contributed by atoms with E-state index in [-0.39, 0.29) is 59.6 Å². The average molecular weight is 628 g/mol. The van der Waals surface area contributed by atoms with Gasteiger partial charge < -0.3 is 34.3 Å². The molecule has 1 aromatic heterocycles. The standard InChI is InChI=1S/C37H41NO8/c1-23(39)44-29-20-33(27-9-4-8-26-7-2-3-10-32(26)45-35-17-25(16-27)11-12-30(35)40)46-34(21-29)28-18-31(41)37(42)36(19-28)43-15-13-24-6-5-14-38-22-24/h5-6,11-12,14,17-19,22,26-27,29,32-34,40-42H,2-3,7,9-10,13,15-16,20-21H2,1H3/t26-,27-,29-,32+,33+,34-/m0/s1. The zero-order valence-electron chi connectivity index (χ0n) is 26.1. The van der Waals surface area contributed by atoms with Crippen LogP contribution in [0.4, 0.5) is 0 Å². The normalized spacial score (nSPS) is 25.8. The van der Waals surface area contributed by atoms with Gasteiger partial charge in [0.05, 0.1) is 24.7 Å². The third-order valence-electron chi connectivity index (χ3n) is 9.14. The second-order valence-electron chi connectivity index (χ2n) is 12.6. The Morgan fingerprint density at radius 2 is 1.91 bits per heavy atom. The number of phenolic OH excluding ortho intramolecular Hbond substituents is 3. The average Bonchev–Trinajstić information content (AvgIpc) is 3.07. The Labute approximate surface area is 269 Å². The molecule has 3 N–H and O–H groups in total. The van der Waals surface area contributed by atoms with Crippen LogP contribution in [0.3, 0.4) is 0 Å². The monoisotopic (exact) mass is 627 g/mol. The maximum Gasteiger partial charge on any atom is 0.302 e. The number of aromatic hydroxyl groups is 3. The van der Waals surface area contributed by atoms with Crippen LogP contribution in [0.2, 0.25) is 0 Å². The molecule has 1 aliphatic carbocycles. The number of esters is 1. The Bertz CT molecular complexity index is 1580. The third kappa shape index (κ3) is 7.68. The van der Waals surface area contributed by atoms with Gasteiger partial charge in [0.25, 0.3) is 0 Å². The fraction of sp³-hybridized carbons (Fsp3) is 0.459. The van der Waals surface area contributed by atoms with Gasteiger partial charge in [0, 0.05) is 50.9 Å². The Hall–Kier alpha value is -4.42. The van der Waals surface area contributed by atoms with Crippen molar-refractivity contribution in [3.05, 3.63) is 71.5 Å². The van der Waals surface area contributed by atoms with Gasteiger partial charge >= 0.3 is 5.97 Å². The van der Waals surface area contributed by atoms with Crippen molar-refractivity contribution in [3.8, 4) is 40.6 Å². The molecule has 3 heterocycles. The first-order valence-electron chi connectivity index (χ1n) is 16.2. The Kier molecular flexibility index (Phi) is 9.84. The number of pyridine rings is 1. The maximum atomic E-state index is 12.1. The molecule has 0 amide bonds. The molecule has 0 unspecified atom stereocenters. The van der Waals surface area contributed by atoms with E-state index in [9.17, 15) is 20.1 Å². The fourth-order valence-electron chi connectivity index (χ4n) is 6.80. The minimum absolute atomic E-state index is 0.0493. The van der Waals surface area contributed by atoms with E-state index in [1.807, 2.05) is 24.3 Å². The summed E-state index contributed by atoms with van der Waals surface area (Å²) in [5.41, 5.74) is 2.60. The third-order valence-corrected chi connectivity index (χ3v) is 9.14.